The molecular formula is C29H26ClN5O4. The van der Waals surface area contributed by atoms with Gasteiger partial charge in [-0.1, -0.05) is 17.7 Å². The second-order valence-corrected chi connectivity index (χ2v) is 9.01. The first-order chi connectivity index (χ1) is 19.0. The van der Waals surface area contributed by atoms with Crippen LogP contribution in [0.25, 0.3) is 27.7 Å². The highest BCUT2D eigenvalue weighted by molar-refractivity contribution is 6.31. The van der Waals surface area contributed by atoms with Crippen LogP contribution in [-0.2, 0) is 11.3 Å². The molecule has 0 saturated carbocycles. The summed E-state index contributed by atoms with van der Waals surface area (Å²) in [6.07, 6.45) is 4.82. The highest BCUT2D eigenvalue weighted by atomic mass is 35.5. The molecule has 5 rings (SSSR count). The Kier molecular flexibility index (Phi) is 7.60. The van der Waals surface area contributed by atoms with E-state index in [4.69, 9.17) is 25.8 Å². The van der Waals surface area contributed by atoms with E-state index in [-0.39, 0.29) is 0 Å². The van der Waals surface area contributed by atoms with Crippen molar-refractivity contribution in [3.05, 3.63) is 89.3 Å². The number of benzene rings is 3. The summed E-state index contributed by atoms with van der Waals surface area (Å²) >= 11 is 6.38. The molecule has 3 aromatic carbocycles. The predicted molar refractivity (Wildman–Crippen MR) is 150 cm³/mol. The third-order valence-corrected chi connectivity index (χ3v) is 6.45. The maximum Gasteiger partial charge on any atom is 0.341 e. The van der Waals surface area contributed by atoms with Crippen molar-refractivity contribution >= 4 is 34.2 Å². The van der Waals surface area contributed by atoms with Gasteiger partial charge in [-0.25, -0.2) is 9.48 Å². The third kappa shape index (κ3) is 5.49. The van der Waals surface area contributed by atoms with Crippen LogP contribution in [0.5, 0.6) is 11.5 Å². The molecule has 198 valence electrons. The van der Waals surface area contributed by atoms with Gasteiger partial charge in [0.15, 0.2) is 0 Å². The van der Waals surface area contributed by atoms with Gasteiger partial charge < -0.3 is 19.5 Å². The smallest absolute Gasteiger partial charge is 0.341 e. The molecule has 0 aliphatic heterocycles. The number of hydrogen-bond acceptors (Lipinski definition) is 8. The number of nitrogens with one attached hydrogen (secondary N) is 1. The predicted octanol–water partition coefficient (Wildman–Crippen LogP) is 5.94. The van der Waals surface area contributed by atoms with E-state index < -0.39 is 5.97 Å². The van der Waals surface area contributed by atoms with E-state index in [1.165, 1.54) is 6.20 Å². The van der Waals surface area contributed by atoms with Crippen molar-refractivity contribution < 1.29 is 19.0 Å². The van der Waals surface area contributed by atoms with Crippen LogP contribution in [-0.4, -0.2) is 46.8 Å². The number of esters is 1. The Morgan fingerprint density at radius 1 is 1.03 bits per heavy atom. The van der Waals surface area contributed by atoms with Crippen LogP contribution < -0.4 is 14.8 Å². The average molecular weight is 544 g/mol. The standard InChI is InChI=1S/C29H26ClN5O4/c1-4-39-29(36)20-15-33-35(17-20)27-10-7-21(30)12-24(27)18-6-9-23-25(11-18)34-32-16-26(23)31-14-19-5-8-22(37-2)13-28(19)38-3/h5-13,15-17H,4,14H2,1-3H3,(H,31,34). The van der Waals surface area contributed by atoms with Crippen LogP contribution >= 0.6 is 11.6 Å². The fourth-order valence-electron chi connectivity index (χ4n) is 4.27. The Morgan fingerprint density at radius 2 is 1.90 bits per heavy atom. The number of ether oxygens (including phenoxy) is 3. The third-order valence-electron chi connectivity index (χ3n) is 6.21. The van der Waals surface area contributed by atoms with Gasteiger partial charge in [0.25, 0.3) is 0 Å². The number of rotatable bonds is 9. The molecular weight excluding hydrogens is 518 g/mol. The van der Waals surface area contributed by atoms with Crippen LogP contribution in [0, 0.1) is 0 Å². The molecule has 0 amide bonds. The molecule has 10 heteroatoms. The van der Waals surface area contributed by atoms with Crippen molar-refractivity contribution in [1.29, 1.82) is 0 Å². The number of halogens is 1. The van der Waals surface area contributed by atoms with Crippen LogP contribution in [0.2, 0.25) is 5.02 Å². The van der Waals surface area contributed by atoms with E-state index in [2.05, 4.69) is 20.6 Å². The summed E-state index contributed by atoms with van der Waals surface area (Å²) in [4.78, 5) is 12.2. The molecule has 0 unspecified atom stereocenters. The van der Waals surface area contributed by atoms with Gasteiger partial charge in [0.2, 0.25) is 0 Å². The van der Waals surface area contributed by atoms with E-state index in [0.717, 1.165) is 45.0 Å². The molecule has 1 N–H and O–H groups in total. The lowest BCUT2D eigenvalue weighted by molar-refractivity contribution is 0.0526. The molecule has 0 atom stereocenters. The Bertz CT molecular complexity index is 1650. The van der Waals surface area contributed by atoms with Gasteiger partial charge in [0.05, 0.1) is 55.7 Å². The fourth-order valence-corrected chi connectivity index (χ4v) is 4.44. The molecule has 9 nitrogen and oxygen atoms in total. The van der Waals surface area contributed by atoms with Crippen molar-refractivity contribution in [1.82, 2.24) is 20.0 Å². The largest absolute Gasteiger partial charge is 0.497 e. The first kappa shape index (κ1) is 26.0. The molecule has 5 aromatic rings. The number of carbonyl (C=O) groups is 1. The van der Waals surface area contributed by atoms with Gasteiger partial charge in [-0.15, -0.1) is 0 Å². The summed E-state index contributed by atoms with van der Waals surface area (Å²) < 4.78 is 17.5. The minimum absolute atomic E-state index is 0.290. The summed E-state index contributed by atoms with van der Waals surface area (Å²) in [7, 11) is 3.26. The van der Waals surface area contributed by atoms with Crippen molar-refractivity contribution in [2.75, 3.05) is 26.1 Å². The second kappa shape index (κ2) is 11.4. The first-order valence-corrected chi connectivity index (χ1v) is 12.6. The maximum atomic E-state index is 12.2. The summed E-state index contributed by atoms with van der Waals surface area (Å²) in [5, 5.41) is 17.9. The van der Waals surface area contributed by atoms with E-state index in [1.807, 2.05) is 48.5 Å². The molecule has 39 heavy (non-hydrogen) atoms. The Morgan fingerprint density at radius 3 is 2.69 bits per heavy atom. The topological polar surface area (TPSA) is 100 Å². The lowest BCUT2D eigenvalue weighted by atomic mass is 10.0. The van der Waals surface area contributed by atoms with Gasteiger partial charge >= 0.3 is 5.97 Å². The maximum absolute atomic E-state index is 12.2. The monoisotopic (exact) mass is 543 g/mol. The van der Waals surface area contributed by atoms with Gasteiger partial charge in [-0.2, -0.15) is 15.3 Å². The zero-order valence-corrected chi connectivity index (χ0v) is 22.4. The number of nitrogens with zero attached hydrogens (tertiary/aromatic N) is 4. The molecule has 0 saturated heterocycles. The van der Waals surface area contributed by atoms with Crippen molar-refractivity contribution in [3.8, 4) is 28.3 Å². The molecule has 0 fully saturated rings. The molecule has 0 radical (unpaired) electrons. The summed E-state index contributed by atoms with van der Waals surface area (Å²) in [6, 6.07) is 17.1. The van der Waals surface area contributed by atoms with Crippen LogP contribution in [0.3, 0.4) is 0 Å². The van der Waals surface area contributed by atoms with Crippen LogP contribution in [0.15, 0.2) is 73.2 Å². The normalized spacial score (nSPS) is 10.9. The lowest BCUT2D eigenvalue weighted by Gasteiger charge is -2.14. The Balaban J connectivity index is 1.46. The average Bonchev–Trinajstić information content (AvgIpc) is 3.46. The fraction of sp³-hybridized carbons (Fsp3) is 0.172. The molecule has 0 aliphatic rings. The number of methoxy groups -OCH3 is 2. The van der Waals surface area contributed by atoms with Crippen molar-refractivity contribution in [2.24, 2.45) is 0 Å². The first-order valence-electron chi connectivity index (χ1n) is 12.2. The highest BCUT2D eigenvalue weighted by Crippen LogP contribution is 2.33. The quantitative estimate of drug-likeness (QED) is 0.228. The summed E-state index contributed by atoms with van der Waals surface area (Å²) in [6.45, 7) is 2.58. The van der Waals surface area contributed by atoms with Crippen LogP contribution in [0.4, 0.5) is 5.69 Å². The number of hydrogen-bond donors (Lipinski definition) is 1. The van der Waals surface area contributed by atoms with E-state index in [1.54, 1.807) is 44.3 Å². The Labute approximate surface area is 230 Å². The highest BCUT2D eigenvalue weighted by Gasteiger charge is 2.15. The Hall–Kier alpha value is -4.63. The van der Waals surface area contributed by atoms with E-state index >= 15 is 0 Å². The van der Waals surface area contributed by atoms with Crippen LogP contribution in [0.1, 0.15) is 22.8 Å². The van der Waals surface area contributed by atoms with E-state index in [9.17, 15) is 4.79 Å². The molecule has 0 spiro atoms. The van der Waals surface area contributed by atoms with Gasteiger partial charge in [-0.05, 0) is 55.0 Å². The number of fused-ring (bicyclic) bond motifs is 1. The van der Waals surface area contributed by atoms with E-state index in [0.29, 0.717) is 29.3 Å². The SMILES string of the molecule is CCOC(=O)c1cnn(-c2ccc(Cl)cc2-c2ccc3c(NCc4ccc(OC)cc4OC)cnnc3c2)c1. The molecule has 0 aliphatic carbocycles. The molecule has 0 bridgehead atoms. The second-order valence-electron chi connectivity index (χ2n) is 8.58. The van der Waals surface area contributed by atoms with Gasteiger partial charge in [-0.3, -0.25) is 0 Å². The van der Waals surface area contributed by atoms with Crippen molar-refractivity contribution in [3.63, 3.8) is 0 Å². The molecule has 2 heterocycles. The zero-order valence-electron chi connectivity index (χ0n) is 21.6. The summed E-state index contributed by atoms with van der Waals surface area (Å²) in [5.41, 5.74) is 5.33. The summed E-state index contributed by atoms with van der Waals surface area (Å²) in [5.74, 6) is 1.04. The number of aromatic nitrogens is 4. The zero-order chi connectivity index (χ0) is 27.4. The minimum Gasteiger partial charge on any atom is -0.497 e. The van der Waals surface area contributed by atoms with Gasteiger partial charge in [0, 0.05) is 40.3 Å². The minimum atomic E-state index is -0.424. The van der Waals surface area contributed by atoms with Crippen molar-refractivity contribution in [2.45, 2.75) is 13.5 Å². The molecule has 2 aromatic heterocycles. The number of carbonyl (C=O) groups excluding carboxylic acids is 1. The number of anilines is 1. The van der Waals surface area contributed by atoms with Gasteiger partial charge in [0.1, 0.15) is 11.5 Å². The lowest BCUT2D eigenvalue weighted by Crippen LogP contribution is -2.04.